The predicted molar refractivity (Wildman–Crippen MR) is 73.7 cm³/mol. The van der Waals surface area contributed by atoms with Crippen LogP contribution in [0.4, 0.5) is 13.2 Å². The van der Waals surface area contributed by atoms with Gasteiger partial charge in [-0.1, -0.05) is 38.1 Å². The van der Waals surface area contributed by atoms with Gasteiger partial charge >= 0.3 is 6.36 Å². The Hall–Kier alpha value is -1.49. The molecule has 0 heterocycles. The predicted octanol–water partition coefficient (Wildman–Crippen LogP) is 4.07. The van der Waals surface area contributed by atoms with E-state index in [1.807, 2.05) is 6.08 Å². The number of rotatable bonds is 7. The molecule has 0 bridgehead atoms. The largest absolute Gasteiger partial charge is 0.573 e. The average Bonchev–Trinajstić information content (AvgIpc) is 2.33. The third-order valence-corrected chi connectivity index (χ3v) is 2.54. The quantitative estimate of drug-likeness (QED) is 0.603. The molecule has 1 aromatic rings. The molecule has 0 atom stereocenters. The Balaban J connectivity index is 2.33. The topological polar surface area (TPSA) is 21.3 Å². The Labute approximate surface area is 117 Å². The molecule has 0 saturated heterocycles. The molecule has 0 aliphatic heterocycles. The van der Waals surface area contributed by atoms with Crippen LogP contribution in [0.5, 0.6) is 5.75 Å². The zero-order valence-electron chi connectivity index (χ0n) is 11.7. The summed E-state index contributed by atoms with van der Waals surface area (Å²) in [6.07, 6.45) is 1.09. The number of nitrogens with one attached hydrogen (secondary N) is 1. The second kappa shape index (κ2) is 7.94. The van der Waals surface area contributed by atoms with E-state index in [1.54, 1.807) is 12.1 Å². The molecule has 0 unspecified atom stereocenters. The van der Waals surface area contributed by atoms with Gasteiger partial charge in [-0.3, -0.25) is 0 Å². The average molecular weight is 287 g/mol. The molecule has 1 N–H and O–H groups in total. The van der Waals surface area contributed by atoms with Gasteiger partial charge in [-0.2, -0.15) is 0 Å². The molecule has 112 valence electrons. The molecule has 0 saturated carbocycles. The van der Waals surface area contributed by atoms with Gasteiger partial charge in [0.1, 0.15) is 5.75 Å². The highest BCUT2D eigenvalue weighted by molar-refractivity contribution is 5.28. The molecule has 0 spiro atoms. The van der Waals surface area contributed by atoms with E-state index in [0.29, 0.717) is 12.5 Å². The van der Waals surface area contributed by atoms with Crippen molar-refractivity contribution >= 4 is 0 Å². The first-order valence-corrected chi connectivity index (χ1v) is 6.60. The standard InChI is InChI=1S/C15H20F3NO/c1-12(2)19-11-5-3-4-6-13-7-9-14(10-8-13)20-15(16,17)18/h3-4,7-10,12,19H,5-6,11H2,1-2H3. The maximum Gasteiger partial charge on any atom is 0.573 e. The van der Waals surface area contributed by atoms with E-state index in [-0.39, 0.29) is 5.75 Å². The molecule has 2 nitrogen and oxygen atoms in total. The van der Waals surface area contributed by atoms with Crippen molar-refractivity contribution in [2.24, 2.45) is 0 Å². The summed E-state index contributed by atoms with van der Waals surface area (Å²) in [7, 11) is 0. The summed E-state index contributed by atoms with van der Waals surface area (Å²) in [6.45, 7) is 5.11. The second-order valence-corrected chi connectivity index (χ2v) is 4.76. The Morgan fingerprint density at radius 3 is 2.35 bits per heavy atom. The molecule has 1 aromatic carbocycles. The van der Waals surface area contributed by atoms with Crippen LogP contribution in [0.25, 0.3) is 0 Å². The van der Waals surface area contributed by atoms with Gasteiger partial charge in [0.25, 0.3) is 0 Å². The van der Waals surface area contributed by atoms with E-state index in [1.165, 1.54) is 12.1 Å². The fourth-order valence-electron chi connectivity index (χ4n) is 1.62. The summed E-state index contributed by atoms with van der Waals surface area (Å²) in [5, 5.41) is 3.30. The number of halogens is 3. The lowest BCUT2D eigenvalue weighted by Crippen LogP contribution is -2.23. The van der Waals surface area contributed by atoms with Gasteiger partial charge < -0.3 is 10.1 Å². The van der Waals surface area contributed by atoms with E-state index in [9.17, 15) is 13.2 Å². The summed E-state index contributed by atoms with van der Waals surface area (Å²) >= 11 is 0. The highest BCUT2D eigenvalue weighted by Gasteiger charge is 2.30. The van der Waals surface area contributed by atoms with Gasteiger partial charge in [0.05, 0.1) is 0 Å². The monoisotopic (exact) mass is 287 g/mol. The van der Waals surface area contributed by atoms with E-state index in [4.69, 9.17) is 0 Å². The van der Waals surface area contributed by atoms with Crippen LogP contribution in [-0.2, 0) is 6.42 Å². The molecule has 0 fully saturated rings. The molecule has 0 aliphatic rings. The molecule has 0 aliphatic carbocycles. The van der Waals surface area contributed by atoms with Gasteiger partial charge in [0.2, 0.25) is 0 Å². The number of benzene rings is 1. The van der Waals surface area contributed by atoms with E-state index >= 15 is 0 Å². The number of allylic oxidation sites excluding steroid dienone is 1. The number of hydrogen-bond donors (Lipinski definition) is 1. The van der Waals surface area contributed by atoms with Crippen molar-refractivity contribution in [1.82, 2.24) is 5.32 Å². The molecule has 0 amide bonds. The molecule has 1 rings (SSSR count). The van der Waals surface area contributed by atoms with Crippen LogP contribution < -0.4 is 10.1 Å². The maximum atomic E-state index is 12.0. The summed E-state index contributed by atoms with van der Waals surface area (Å²) in [5.41, 5.74) is 0.951. The maximum absolute atomic E-state index is 12.0. The Morgan fingerprint density at radius 1 is 1.15 bits per heavy atom. The molecular weight excluding hydrogens is 267 g/mol. The van der Waals surface area contributed by atoms with Crippen LogP contribution in [0.1, 0.15) is 25.8 Å². The second-order valence-electron chi connectivity index (χ2n) is 4.76. The van der Waals surface area contributed by atoms with Crippen molar-refractivity contribution in [1.29, 1.82) is 0 Å². The number of hydrogen-bond acceptors (Lipinski definition) is 2. The summed E-state index contributed by atoms with van der Waals surface area (Å²) in [6, 6.07) is 6.41. The minimum atomic E-state index is -4.63. The van der Waals surface area contributed by atoms with Gasteiger partial charge in [0.15, 0.2) is 0 Å². The molecule has 5 heteroatoms. The minimum Gasteiger partial charge on any atom is -0.406 e. The lowest BCUT2D eigenvalue weighted by molar-refractivity contribution is -0.274. The smallest absolute Gasteiger partial charge is 0.406 e. The third kappa shape index (κ3) is 7.84. The summed E-state index contributed by atoms with van der Waals surface area (Å²) in [4.78, 5) is 0. The van der Waals surface area contributed by atoms with Crippen molar-refractivity contribution in [3.05, 3.63) is 42.0 Å². The van der Waals surface area contributed by atoms with Crippen molar-refractivity contribution in [3.8, 4) is 5.75 Å². The lowest BCUT2D eigenvalue weighted by Gasteiger charge is -2.08. The van der Waals surface area contributed by atoms with Gasteiger partial charge in [0, 0.05) is 6.04 Å². The van der Waals surface area contributed by atoms with Crippen LogP contribution in [0.15, 0.2) is 36.4 Å². The number of ether oxygens (including phenoxy) is 1. The van der Waals surface area contributed by atoms with Crippen LogP contribution >= 0.6 is 0 Å². The highest BCUT2D eigenvalue weighted by Crippen LogP contribution is 2.22. The lowest BCUT2D eigenvalue weighted by atomic mass is 10.1. The van der Waals surface area contributed by atoms with Crippen LogP contribution in [0, 0.1) is 0 Å². The number of alkyl halides is 3. The third-order valence-electron chi connectivity index (χ3n) is 2.54. The van der Waals surface area contributed by atoms with Crippen molar-refractivity contribution in [3.63, 3.8) is 0 Å². The van der Waals surface area contributed by atoms with E-state index < -0.39 is 6.36 Å². The fourth-order valence-corrected chi connectivity index (χ4v) is 1.62. The Morgan fingerprint density at radius 2 is 1.80 bits per heavy atom. The SMILES string of the molecule is CC(C)NCCC=CCc1ccc(OC(F)(F)F)cc1. The van der Waals surface area contributed by atoms with Crippen LogP contribution in [0.3, 0.4) is 0 Å². The minimum absolute atomic E-state index is 0.189. The Kier molecular flexibility index (Phi) is 6.58. The van der Waals surface area contributed by atoms with Crippen molar-refractivity contribution < 1.29 is 17.9 Å². The normalized spacial score (nSPS) is 12.3. The zero-order chi connectivity index (χ0) is 15.0. The fraction of sp³-hybridized carbons (Fsp3) is 0.467. The summed E-state index contributed by atoms with van der Waals surface area (Å²) < 4.78 is 39.8. The first kappa shape index (κ1) is 16.6. The van der Waals surface area contributed by atoms with Gasteiger partial charge in [-0.15, -0.1) is 13.2 Å². The molecule has 0 aromatic heterocycles. The van der Waals surface area contributed by atoms with Crippen molar-refractivity contribution in [2.75, 3.05) is 6.54 Å². The summed E-state index contributed by atoms with van der Waals surface area (Å²) in [5.74, 6) is -0.189. The van der Waals surface area contributed by atoms with E-state index in [0.717, 1.165) is 18.5 Å². The first-order valence-electron chi connectivity index (χ1n) is 6.60. The van der Waals surface area contributed by atoms with Crippen molar-refractivity contribution in [2.45, 2.75) is 39.1 Å². The molecular formula is C15H20F3NO. The van der Waals surface area contributed by atoms with E-state index in [2.05, 4.69) is 30.0 Å². The van der Waals surface area contributed by atoms with Gasteiger partial charge in [-0.25, -0.2) is 0 Å². The Bertz CT molecular complexity index is 410. The highest BCUT2D eigenvalue weighted by atomic mass is 19.4. The molecule has 0 radical (unpaired) electrons. The zero-order valence-corrected chi connectivity index (χ0v) is 11.7. The first-order chi connectivity index (χ1) is 9.37. The van der Waals surface area contributed by atoms with Crippen LogP contribution in [-0.4, -0.2) is 18.9 Å². The van der Waals surface area contributed by atoms with Gasteiger partial charge in [-0.05, 0) is 37.1 Å². The molecule has 20 heavy (non-hydrogen) atoms. The van der Waals surface area contributed by atoms with Crippen LogP contribution in [0.2, 0.25) is 0 Å².